The minimum atomic E-state index is -0.326. The highest BCUT2D eigenvalue weighted by Crippen LogP contribution is 2.20. The molecule has 2 aromatic rings. The summed E-state index contributed by atoms with van der Waals surface area (Å²) in [6.45, 7) is 2.41. The molecule has 1 aromatic carbocycles. The zero-order valence-electron chi connectivity index (χ0n) is 11.4. The van der Waals surface area contributed by atoms with Crippen molar-refractivity contribution in [3.63, 3.8) is 0 Å². The van der Waals surface area contributed by atoms with E-state index in [1.165, 1.54) is 6.07 Å². The summed E-state index contributed by atoms with van der Waals surface area (Å²) in [6.07, 6.45) is 0. The van der Waals surface area contributed by atoms with Gasteiger partial charge in [0.15, 0.2) is 11.6 Å². The van der Waals surface area contributed by atoms with E-state index in [0.717, 1.165) is 17.0 Å². The van der Waals surface area contributed by atoms with Crippen LogP contribution in [0, 0.1) is 5.82 Å². The Morgan fingerprint density at radius 2 is 2.20 bits per heavy atom. The quantitative estimate of drug-likeness (QED) is 0.759. The van der Waals surface area contributed by atoms with Gasteiger partial charge in [0.1, 0.15) is 6.61 Å². The van der Waals surface area contributed by atoms with Crippen molar-refractivity contribution >= 4 is 11.3 Å². The van der Waals surface area contributed by atoms with Gasteiger partial charge in [-0.2, -0.15) is 0 Å². The second kappa shape index (κ2) is 7.99. The first-order valence-electron chi connectivity index (χ1n) is 6.43. The minimum absolute atomic E-state index is 0.291. The third kappa shape index (κ3) is 4.59. The van der Waals surface area contributed by atoms with Crippen molar-refractivity contribution in [1.29, 1.82) is 0 Å². The molecule has 0 fully saturated rings. The fraction of sp³-hybridized carbons (Fsp3) is 0.333. The van der Waals surface area contributed by atoms with E-state index in [9.17, 15) is 4.39 Å². The average Bonchev–Trinajstić information content (AvgIpc) is 2.96. The average molecular weight is 295 g/mol. The summed E-state index contributed by atoms with van der Waals surface area (Å²) in [5.41, 5.74) is 0.891. The highest BCUT2D eigenvalue weighted by atomic mass is 32.1. The Kier molecular flexibility index (Phi) is 5.98. The Morgan fingerprint density at radius 3 is 2.90 bits per heavy atom. The number of benzene rings is 1. The van der Waals surface area contributed by atoms with Crippen LogP contribution in [0.3, 0.4) is 0 Å². The monoisotopic (exact) mass is 295 g/mol. The fourth-order valence-corrected chi connectivity index (χ4v) is 2.34. The number of thiophene rings is 1. The van der Waals surface area contributed by atoms with E-state index in [1.54, 1.807) is 24.5 Å². The third-order valence-electron chi connectivity index (χ3n) is 2.76. The van der Waals surface area contributed by atoms with Gasteiger partial charge in [-0.15, -0.1) is 11.3 Å². The summed E-state index contributed by atoms with van der Waals surface area (Å²) in [6, 6.07) is 8.97. The standard InChI is InChI=1S/C15H18FNO2S/c1-18-7-6-17-10-12-4-5-15(14(16)9-12)19-11-13-3-2-8-20-13/h2-5,8-9,17H,6-7,10-11H2,1H3. The zero-order valence-corrected chi connectivity index (χ0v) is 12.2. The number of nitrogens with one attached hydrogen (secondary N) is 1. The van der Waals surface area contributed by atoms with Crippen LogP contribution in [0.25, 0.3) is 0 Å². The first kappa shape index (κ1) is 15.0. The van der Waals surface area contributed by atoms with E-state index in [-0.39, 0.29) is 5.82 Å². The predicted octanol–water partition coefficient (Wildman–Crippen LogP) is 3.20. The number of hydrogen-bond acceptors (Lipinski definition) is 4. The van der Waals surface area contributed by atoms with Gasteiger partial charge in [0.05, 0.1) is 6.61 Å². The van der Waals surface area contributed by atoms with Crippen molar-refractivity contribution in [2.24, 2.45) is 0 Å². The molecule has 1 heterocycles. The molecule has 0 aliphatic carbocycles. The van der Waals surface area contributed by atoms with Crippen LogP contribution in [0.15, 0.2) is 35.7 Å². The van der Waals surface area contributed by atoms with Gasteiger partial charge in [0.2, 0.25) is 0 Å². The smallest absolute Gasteiger partial charge is 0.165 e. The fourth-order valence-electron chi connectivity index (χ4n) is 1.72. The third-order valence-corrected chi connectivity index (χ3v) is 3.61. The lowest BCUT2D eigenvalue weighted by Crippen LogP contribution is -2.18. The molecule has 0 spiro atoms. The zero-order chi connectivity index (χ0) is 14.2. The van der Waals surface area contributed by atoms with Crippen LogP contribution in [0.4, 0.5) is 4.39 Å². The molecule has 2 rings (SSSR count). The van der Waals surface area contributed by atoms with Crippen molar-refractivity contribution < 1.29 is 13.9 Å². The molecule has 0 bridgehead atoms. The SMILES string of the molecule is COCCNCc1ccc(OCc2cccs2)c(F)c1. The van der Waals surface area contributed by atoms with Crippen molar-refractivity contribution in [2.75, 3.05) is 20.3 Å². The van der Waals surface area contributed by atoms with Gasteiger partial charge in [-0.25, -0.2) is 4.39 Å². The van der Waals surface area contributed by atoms with Crippen LogP contribution < -0.4 is 10.1 Å². The van der Waals surface area contributed by atoms with E-state index in [1.807, 2.05) is 23.6 Å². The lowest BCUT2D eigenvalue weighted by molar-refractivity contribution is 0.199. The van der Waals surface area contributed by atoms with E-state index >= 15 is 0 Å². The normalized spacial score (nSPS) is 10.7. The highest BCUT2D eigenvalue weighted by molar-refractivity contribution is 7.09. The molecule has 1 N–H and O–H groups in total. The van der Waals surface area contributed by atoms with E-state index < -0.39 is 0 Å². The molecule has 5 heteroatoms. The van der Waals surface area contributed by atoms with Gasteiger partial charge in [0, 0.05) is 25.1 Å². The number of ether oxygens (including phenoxy) is 2. The largest absolute Gasteiger partial charge is 0.485 e. The second-order valence-electron chi connectivity index (χ2n) is 4.30. The molecule has 3 nitrogen and oxygen atoms in total. The lowest BCUT2D eigenvalue weighted by Gasteiger charge is -2.08. The summed E-state index contributed by atoms with van der Waals surface area (Å²) >= 11 is 1.60. The maximum absolute atomic E-state index is 13.9. The molecule has 0 aliphatic heterocycles. The molecular weight excluding hydrogens is 277 g/mol. The predicted molar refractivity (Wildman–Crippen MR) is 78.6 cm³/mol. The van der Waals surface area contributed by atoms with Crippen LogP contribution in [0.2, 0.25) is 0 Å². The summed E-state index contributed by atoms with van der Waals surface area (Å²) in [7, 11) is 1.65. The molecule has 1 aromatic heterocycles. The molecular formula is C15H18FNO2S. The molecule has 0 radical (unpaired) electrons. The molecule has 108 valence electrons. The van der Waals surface area contributed by atoms with Crippen molar-refractivity contribution in [3.05, 3.63) is 52.0 Å². The van der Waals surface area contributed by atoms with Gasteiger partial charge >= 0.3 is 0 Å². The van der Waals surface area contributed by atoms with Gasteiger partial charge in [-0.1, -0.05) is 12.1 Å². The number of hydrogen-bond donors (Lipinski definition) is 1. The summed E-state index contributed by atoms with van der Waals surface area (Å²) in [5.74, 6) is -0.0355. The van der Waals surface area contributed by atoms with Crippen LogP contribution in [-0.4, -0.2) is 20.3 Å². The summed E-state index contributed by atoms with van der Waals surface area (Å²) in [4.78, 5) is 1.08. The minimum Gasteiger partial charge on any atom is -0.485 e. The molecule has 0 unspecified atom stereocenters. The Hall–Kier alpha value is -1.43. The Bertz CT molecular complexity index is 517. The molecule has 0 aliphatic rings. The topological polar surface area (TPSA) is 30.5 Å². The van der Waals surface area contributed by atoms with Crippen LogP contribution in [0.5, 0.6) is 5.75 Å². The molecule has 0 saturated heterocycles. The summed E-state index contributed by atoms with van der Waals surface area (Å²) < 4.78 is 24.3. The van der Waals surface area contributed by atoms with E-state index in [2.05, 4.69) is 5.32 Å². The van der Waals surface area contributed by atoms with E-state index in [0.29, 0.717) is 25.5 Å². The van der Waals surface area contributed by atoms with Crippen molar-refractivity contribution in [1.82, 2.24) is 5.32 Å². The van der Waals surface area contributed by atoms with Gasteiger partial charge in [-0.05, 0) is 29.1 Å². The van der Waals surface area contributed by atoms with E-state index in [4.69, 9.17) is 9.47 Å². The van der Waals surface area contributed by atoms with Gasteiger partial charge < -0.3 is 14.8 Å². The van der Waals surface area contributed by atoms with Crippen molar-refractivity contribution in [2.45, 2.75) is 13.2 Å². The van der Waals surface area contributed by atoms with Crippen LogP contribution in [0.1, 0.15) is 10.4 Å². The number of halogens is 1. The summed E-state index contributed by atoms with van der Waals surface area (Å²) in [5, 5.41) is 5.15. The highest BCUT2D eigenvalue weighted by Gasteiger charge is 2.05. The first-order valence-corrected chi connectivity index (χ1v) is 7.31. The number of rotatable bonds is 8. The van der Waals surface area contributed by atoms with Crippen LogP contribution >= 0.6 is 11.3 Å². The molecule has 20 heavy (non-hydrogen) atoms. The lowest BCUT2D eigenvalue weighted by atomic mass is 10.2. The second-order valence-corrected chi connectivity index (χ2v) is 5.33. The molecule has 0 saturated carbocycles. The maximum Gasteiger partial charge on any atom is 0.165 e. The number of methoxy groups -OCH3 is 1. The Morgan fingerprint density at radius 1 is 1.30 bits per heavy atom. The maximum atomic E-state index is 13.9. The van der Waals surface area contributed by atoms with Crippen molar-refractivity contribution in [3.8, 4) is 5.75 Å². The molecule has 0 atom stereocenters. The Labute approximate surface area is 122 Å². The Balaban J connectivity index is 1.85. The van der Waals surface area contributed by atoms with Gasteiger partial charge in [-0.3, -0.25) is 0 Å². The molecule has 0 amide bonds. The van der Waals surface area contributed by atoms with Crippen LogP contribution in [-0.2, 0) is 17.9 Å². The first-order chi connectivity index (χ1) is 9.79. The van der Waals surface area contributed by atoms with Gasteiger partial charge in [0.25, 0.3) is 0 Å².